The van der Waals surface area contributed by atoms with Gasteiger partial charge in [0.1, 0.15) is 6.04 Å². The Morgan fingerprint density at radius 2 is 1.62 bits per heavy atom. The van der Waals surface area contributed by atoms with Crippen LogP contribution in [0.2, 0.25) is 5.02 Å². The normalized spacial score (nSPS) is 12.0. The lowest BCUT2D eigenvalue weighted by Crippen LogP contribution is -2.49. The summed E-state index contributed by atoms with van der Waals surface area (Å²) in [4.78, 5) is 28.0. The smallest absolute Gasteiger partial charge is 0.242 e. The average Bonchev–Trinajstić information content (AvgIpc) is 2.90. The number of benzene rings is 3. The largest absolute Gasteiger partial charge is 0.357 e. The minimum atomic E-state index is -3.85. The number of halogens is 3. The Morgan fingerprint density at radius 3 is 2.21 bits per heavy atom. The molecule has 0 spiro atoms. The van der Waals surface area contributed by atoms with Crippen molar-refractivity contribution >= 4 is 39.1 Å². The summed E-state index contributed by atoms with van der Waals surface area (Å²) in [6.45, 7) is -0.0202. The summed E-state index contributed by atoms with van der Waals surface area (Å²) >= 11 is 6.01. The van der Waals surface area contributed by atoms with Crippen molar-refractivity contribution in [2.75, 3.05) is 24.2 Å². The molecule has 7 nitrogen and oxygen atoms in total. The summed E-state index contributed by atoms with van der Waals surface area (Å²) in [7, 11) is -2.35. The lowest BCUT2D eigenvalue weighted by Gasteiger charge is -2.31. The van der Waals surface area contributed by atoms with Gasteiger partial charge in [-0.05, 0) is 41.8 Å². The summed E-state index contributed by atoms with van der Waals surface area (Å²) in [5.74, 6) is -2.99. The zero-order chi connectivity index (χ0) is 28.6. The minimum Gasteiger partial charge on any atom is -0.357 e. The Balaban J connectivity index is 1.84. The van der Waals surface area contributed by atoms with Crippen LogP contribution in [-0.4, -0.2) is 51.0 Å². The lowest BCUT2D eigenvalue weighted by molar-refractivity contribution is -0.141. The average molecular weight is 578 g/mol. The molecule has 0 radical (unpaired) electrons. The topological polar surface area (TPSA) is 86.8 Å². The lowest BCUT2D eigenvalue weighted by atomic mass is 10.0. The molecule has 1 N–H and O–H groups in total. The van der Waals surface area contributed by atoms with Gasteiger partial charge in [0.15, 0.2) is 11.6 Å². The third-order valence-corrected chi connectivity index (χ3v) is 7.57. The number of anilines is 1. The number of sulfonamides is 1. The van der Waals surface area contributed by atoms with E-state index < -0.39 is 27.7 Å². The van der Waals surface area contributed by atoms with Crippen molar-refractivity contribution in [1.29, 1.82) is 0 Å². The maximum absolute atomic E-state index is 13.8. The van der Waals surface area contributed by atoms with Gasteiger partial charge in [-0.2, -0.15) is 0 Å². The van der Waals surface area contributed by atoms with Gasteiger partial charge in [-0.3, -0.25) is 13.9 Å². The fourth-order valence-electron chi connectivity index (χ4n) is 4.15. The summed E-state index contributed by atoms with van der Waals surface area (Å²) in [5, 5.41) is 3.16. The van der Waals surface area contributed by atoms with Crippen LogP contribution < -0.4 is 9.62 Å². The molecule has 0 saturated carbocycles. The van der Waals surface area contributed by atoms with Gasteiger partial charge in [0.25, 0.3) is 0 Å². The van der Waals surface area contributed by atoms with E-state index in [0.717, 1.165) is 39.9 Å². The highest BCUT2D eigenvalue weighted by Gasteiger charge is 2.30. The van der Waals surface area contributed by atoms with Crippen LogP contribution in [0.4, 0.5) is 14.5 Å². The molecule has 208 valence electrons. The number of amides is 2. The van der Waals surface area contributed by atoms with E-state index in [2.05, 4.69) is 5.32 Å². The van der Waals surface area contributed by atoms with Crippen molar-refractivity contribution in [3.8, 4) is 0 Å². The van der Waals surface area contributed by atoms with E-state index in [1.807, 2.05) is 30.3 Å². The first-order valence-corrected chi connectivity index (χ1v) is 14.4. The summed E-state index contributed by atoms with van der Waals surface area (Å²) in [6, 6.07) is 18.2. The number of nitrogens with zero attached hydrogens (tertiary/aromatic N) is 2. The standard InChI is InChI=1S/C28H30ClF2N3O4S/c1-32-28(36)26(17-20-7-4-3-5-8-20)33(19-21-10-12-22(29)13-11-21)27(35)9-6-16-34(39(2,37)38)23-14-15-24(30)25(31)18-23/h3-5,7-8,10-15,18,26H,6,9,16-17,19H2,1-2H3,(H,32,36)/t26-/m0/s1. The number of nitrogens with one attached hydrogen (secondary N) is 1. The van der Waals surface area contributed by atoms with Crippen molar-refractivity contribution in [2.24, 2.45) is 0 Å². The van der Waals surface area contributed by atoms with E-state index in [1.165, 1.54) is 11.9 Å². The molecule has 0 aliphatic rings. The molecule has 3 aromatic rings. The molecule has 0 saturated heterocycles. The van der Waals surface area contributed by atoms with Gasteiger partial charge in [-0.1, -0.05) is 54.1 Å². The minimum absolute atomic E-state index is 0.0471. The Labute approximate surface area is 232 Å². The van der Waals surface area contributed by atoms with Gasteiger partial charge >= 0.3 is 0 Å². The van der Waals surface area contributed by atoms with Gasteiger partial charge in [0.2, 0.25) is 21.8 Å². The molecule has 0 bridgehead atoms. The van der Waals surface area contributed by atoms with Crippen molar-refractivity contribution in [2.45, 2.75) is 31.8 Å². The molecule has 0 aromatic heterocycles. The predicted octanol–water partition coefficient (Wildman–Crippen LogP) is 4.55. The quantitative estimate of drug-likeness (QED) is 0.342. The molecule has 39 heavy (non-hydrogen) atoms. The van der Waals surface area contributed by atoms with Gasteiger partial charge in [-0.15, -0.1) is 0 Å². The number of likely N-dealkylation sites (N-methyl/N-ethyl adjacent to an activating group) is 1. The van der Waals surface area contributed by atoms with Crippen LogP contribution in [0.5, 0.6) is 0 Å². The zero-order valence-electron chi connectivity index (χ0n) is 21.6. The first kappa shape index (κ1) is 30.0. The second kappa shape index (κ2) is 13.5. The third kappa shape index (κ3) is 8.49. The Bertz CT molecular complexity index is 1390. The maximum atomic E-state index is 13.8. The molecule has 2 amide bonds. The Kier molecular flexibility index (Phi) is 10.4. The number of rotatable bonds is 12. The highest BCUT2D eigenvalue weighted by molar-refractivity contribution is 7.92. The zero-order valence-corrected chi connectivity index (χ0v) is 23.2. The van der Waals surface area contributed by atoms with E-state index in [-0.39, 0.29) is 49.9 Å². The summed E-state index contributed by atoms with van der Waals surface area (Å²) in [6.07, 6.45) is 1.20. The van der Waals surface area contributed by atoms with Crippen LogP contribution in [0.15, 0.2) is 72.8 Å². The van der Waals surface area contributed by atoms with Crippen LogP contribution in [0.3, 0.4) is 0 Å². The van der Waals surface area contributed by atoms with Gasteiger partial charge < -0.3 is 10.2 Å². The second-order valence-electron chi connectivity index (χ2n) is 9.00. The molecule has 3 aromatic carbocycles. The van der Waals surface area contributed by atoms with Crippen LogP contribution >= 0.6 is 11.6 Å². The van der Waals surface area contributed by atoms with Crippen LogP contribution in [-0.2, 0) is 32.6 Å². The van der Waals surface area contributed by atoms with E-state index in [9.17, 15) is 26.8 Å². The monoisotopic (exact) mass is 577 g/mol. The molecule has 11 heteroatoms. The van der Waals surface area contributed by atoms with Crippen molar-refractivity contribution in [1.82, 2.24) is 10.2 Å². The van der Waals surface area contributed by atoms with E-state index in [0.29, 0.717) is 5.02 Å². The summed E-state index contributed by atoms with van der Waals surface area (Å²) < 4.78 is 52.9. The second-order valence-corrected chi connectivity index (χ2v) is 11.3. The number of hydrogen-bond donors (Lipinski definition) is 1. The number of carbonyl (C=O) groups is 2. The highest BCUT2D eigenvalue weighted by atomic mass is 35.5. The van der Waals surface area contributed by atoms with Gasteiger partial charge in [0.05, 0.1) is 11.9 Å². The SMILES string of the molecule is CNC(=O)[C@H](Cc1ccccc1)N(Cc1ccc(Cl)cc1)C(=O)CCCN(c1ccc(F)c(F)c1)S(C)(=O)=O. The predicted molar refractivity (Wildman–Crippen MR) is 148 cm³/mol. The van der Waals surface area contributed by atoms with Gasteiger partial charge in [-0.25, -0.2) is 17.2 Å². The summed E-state index contributed by atoms with van der Waals surface area (Å²) in [5.41, 5.74) is 1.57. The van der Waals surface area contributed by atoms with Gasteiger partial charge in [0, 0.05) is 44.1 Å². The molecule has 0 unspecified atom stereocenters. The third-order valence-electron chi connectivity index (χ3n) is 6.13. The van der Waals surface area contributed by atoms with E-state index >= 15 is 0 Å². The molecular formula is C28H30ClF2N3O4S. The molecular weight excluding hydrogens is 548 g/mol. The van der Waals surface area contributed by atoms with Crippen molar-refractivity contribution in [3.63, 3.8) is 0 Å². The Hall–Kier alpha value is -3.50. The fourth-order valence-corrected chi connectivity index (χ4v) is 5.23. The van der Waals surface area contributed by atoms with Crippen LogP contribution in [0.1, 0.15) is 24.0 Å². The number of hydrogen-bond acceptors (Lipinski definition) is 4. The molecule has 0 aliphatic heterocycles. The molecule has 0 heterocycles. The van der Waals surface area contributed by atoms with Crippen LogP contribution in [0.25, 0.3) is 0 Å². The highest BCUT2D eigenvalue weighted by Crippen LogP contribution is 2.22. The first-order valence-electron chi connectivity index (χ1n) is 12.2. The molecule has 0 aliphatic carbocycles. The molecule has 0 fully saturated rings. The molecule has 3 rings (SSSR count). The fraction of sp³-hybridized carbons (Fsp3) is 0.286. The number of carbonyl (C=O) groups excluding carboxylic acids is 2. The molecule has 1 atom stereocenters. The Morgan fingerprint density at radius 1 is 0.949 bits per heavy atom. The maximum Gasteiger partial charge on any atom is 0.242 e. The van der Waals surface area contributed by atoms with Crippen LogP contribution in [0, 0.1) is 11.6 Å². The van der Waals surface area contributed by atoms with Crippen molar-refractivity contribution in [3.05, 3.63) is 101 Å². The first-order chi connectivity index (χ1) is 18.5. The van der Waals surface area contributed by atoms with Crippen molar-refractivity contribution < 1.29 is 26.8 Å². The van der Waals surface area contributed by atoms with E-state index in [1.54, 1.807) is 24.3 Å². The van der Waals surface area contributed by atoms with E-state index in [4.69, 9.17) is 11.6 Å².